The molecule has 8 heavy (non-hydrogen) atoms. The smallest absolute Gasteiger partial charge is 0.258 e. The second kappa shape index (κ2) is 1.96. The molecule has 1 rings (SSSR count). The zero-order chi connectivity index (χ0) is 5.98. The zero-order valence-electron chi connectivity index (χ0n) is 4.18. The third kappa shape index (κ3) is 0.869. The first-order chi connectivity index (χ1) is 3.83. The summed E-state index contributed by atoms with van der Waals surface area (Å²) in [6.07, 6.45) is 1.64. The molecule has 0 saturated carbocycles. The maximum absolute atomic E-state index is 10.4. The van der Waals surface area contributed by atoms with E-state index in [2.05, 4.69) is 11.0 Å². The van der Waals surface area contributed by atoms with Crippen LogP contribution in [0.2, 0.25) is 0 Å². The first-order valence-electron chi connectivity index (χ1n) is 2.14. The number of aromatic nitrogens is 1. The summed E-state index contributed by atoms with van der Waals surface area (Å²) in [7, 11) is 0. The van der Waals surface area contributed by atoms with Crippen LogP contribution in [0.15, 0.2) is 17.4 Å². The fourth-order valence-electron chi connectivity index (χ4n) is 0.398. The highest BCUT2D eigenvalue weighted by molar-refractivity contribution is 7.06. The molecule has 1 N–H and O–H groups in total. The predicted octanol–water partition coefficient (Wildman–Crippen LogP) is 1.08. The highest BCUT2D eigenvalue weighted by atomic mass is 32.1. The Balaban J connectivity index is 3.18. The molecule has 0 amide bonds. The van der Waals surface area contributed by atoms with Crippen LogP contribution in [0.25, 0.3) is 6.08 Å². The second-order valence-corrected chi connectivity index (χ2v) is 2.20. The maximum atomic E-state index is 10.4. The largest absolute Gasteiger partial charge is 0.277 e. The Bertz CT molecular complexity index is 235. The summed E-state index contributed by atoms with van der Waals surface area (Å²) in [5, 5.41) is 0. The van der Waals surface area contributed by atoms with Crippen molar-refractivity contribution in [2.45, 2.75) is 0 Å². The van der Waals surface area contributed by atoms with Crippen molar-refractivity contribution in [3.8, 4) is 0 Å². The lowest BCUT2D eigenvalue weighted by Crippen LogP contribution is -1.91. The molecule has 0 saturated heterocycles. The minimum absolute atomic E-state index is 0.0510. The topological polar surface area (TPSA) is 32.9 Å². The van der Waals surface area contributed by atoms with Gasteiger partial charge < -0.3 is 0 Å². The molecule has 0 aliphatic carbocycles. The van der Waals surface area contributed by atoms with Crippen LogP contribution in [0, 0.1) is 0 Å². The first kappa shape index (κ1) is 5.31. The van der Waals surface area contributed by atoms with E-state index < -0.39 is 0 Å². The van der Waals surface area contributed by atoms with E-state index in [1.807, 2.05) is 0 Å². The van der Waals surface area contributed by atoms with Crippen LogP contribution in [0.3, 0.4) is 0 Å². The average Bonchev–Trinajstić information content (AvgIpc) is 2.14. The van der Waals surface area contributed by atoms with Gasteiger partial charge in [0.25, 0.3) is 5.56 Å². The minimum Gasteiger partial charge on any atom is -0.277 e. The van der Waals surface area contributed by atoms with Gasteiger partial charge >= 0.3 is 0 Å². The van der Waals surface area contributed by atoms with E-state index in [1.54, 1.807) is 6.08 Å². The fourth-order valence-corrected chi connectivity index (χ4v) is 0.925. The van der Waals surface area contributed by atoms with Crippen molar-refractivity contribution in [1.82, 2.24) is 4.37 Å². The van der Waals surface area contributed by atoms with E-state index in [0.29, 0.717) is 0 Å². The van der Waals surface area contributed by atoms with E-state index >= 15 is 0 Å². The summed E-state index contributed by atoms with van der Waals surface area (Å²) in [5.74, 6) is 0. The number of hydrogen-bond donors (Lipinski definition) is 1. The number of hydrogen-bond acceptors (Lipinski definition) is 2. The Kier molecular flexibility index (Phi) is 1.30. The van der Waals surface area contributed by atoms with Gasteiger partial charge in [-0.25, -0.2) is 0 Å². The summed E-state index contributed by atoms with van der Waals surface area (Å²) < 4.78 is 2.53. The van der Waals surface area contributed by atoms with Gasteiger partial charge in [-0.1, -0.05) is 24.2 Å². The third-order valence-corrected chi connectivity index (χ3v) is 1.57. The summed E-state index contributed by atoms with van der Waals surface area (Å²) in [6.45, 7) is 3.50. The molecule has 0 aromatic carbocycles. The lowest BCUT2D eigenvalue weighted by molar-refractivity contribution is 1.43. The molecule has 0 spiro atoms. The van der Waals surface area contributed by atoms with E-state index in [4.69, 9.17) is 0 Å². The number of aromatic amines is 1. The predicted molar refractivity (Wildman–Crippen MR) is 35.0 cm³/mol. The lowest BCUT2D eigenvalue weighted by atomic mass is 10.5. The van der Waals surface area contributed by atoms with E-state index in [0.717, 1.165) is 4.88 Å². The van der Waals surface area contributed by atoms with Crippen LogP contribution in [0.1, 0.15) is 4.88 Å². The van der Waals surface area contributed by atoms with Crippen molar-refractivity contribution < 1.29 is 0 Å². The molecule has 0 unspecified atom stereocenters. The van der Waals surface area contributed by atoms with Gasteiger partial charge in [0.1, 0.15) is 0 Å². The Hall–Kier alpha value is -0.830. The molecule has 0 aliphatic rings. The Labute approximate surface area is 50.6 Å². The standard InChI is InChI=1S/C5H5NOS/c1-2-4-3-5(7)6-8-4/h2-3H,1H2,(H,6,7). The zero-order valence-corrected chi connectivity index (χ0v) is 4.99. The normalized spacial score (nSPS) is 9.00. The highest BCUT2D eigenvalue weighted by Gasteiger charge is 1.86. The number of nitrogens with one attached hydrogen (secondary N) is 1. The van der Waals surface area contributed by atoms with Gasteiger partial charge in [0.05, 0.1) is 0 Å². The second-order valence-electron chi connectivity index (χ2n) is 1.32. The molecule has 0 radical (unpaired) electrons. The van der Waals surface area contributed by atoms with Crippen LogP contribution in [-0.2, 0) is 0 Å². The van der Waals surface area contributed by atoms with Gasteiger partial charge in [0, 0.05) is 10.9 Å². The molecule has 0 fully saturated rings. The molecular weight excluding hydrogens is 122 g/mol. The van der Waals surface area contributed by atoms with Gasteiger partial charge in [0.15, 0.2) is 0 Å². The van der Waals surface area contributed by atoms with Gasteiger partial charge in [-0.15, -0.1) is 0 Å². The van der Waals surface area contributed by atoms with Crippen molar-refractivity contribution in [2.24, 2.45) is 0 Å². The minimum atomic E-state index is -0.0510. The maximum Gasteiger partial charge on any atom is 0.258 e. The van der Waals surface area contributed by atoms with Crippen molar-refractivity contribution in [3.63, 3.8) is 0 Å². The van der Waals surface area contributed by atoms with Gasteiger partial charge in [0.2, 0.25) is 0 Å². The summed E-state index contributed by atoms with van der Waals surface area (Å²) in [6, 6.07) is 1.51. The Morgan fingerprint density at radius 3 is 2.88 bits per heavy atom. The molecular formula is C5H5NOS. The monoisotopic (exact) mass is 127 g/mol. The molecule has 42 valence electrons. The lowest BCUT2D eigenvalue weighted by Gasteiger charge is -1.68. The SMILES string of the molecule is C=Cc1cc(=O)[nH]s1. The number of rotatable bonds is 1. The van der Waals surface area contributed by atoms with E-state index in [9.17, 15) is 4.79 Å². The van der Waals surface area contributed by atoms with Crippen LogP contribution >= 0.6 is 11.5 Å². The molecule has 0 bridgehead atoms. The summed E-state index contributed by atoms with van der Waals surface area (Å²) >= 11 is 1.29. The average molecular weight is 127 g/mol. The molecule has 3 heteroatoms. The fraction of sp³-hybridized carbons (Fsp3) is 0. The van der Waals surface area contributed by atoms with Crippen LogP contribution in [-0.4, -0.2) is 4.37 Å². The van der Waals surface area contributed by atoms with Gasteiger partial charge in [-0.3, -0.25) is 9.17 Å². The van der Waals surface area contributed by atoms with Crippen molar-refractivity contribution in [3.05, 3.63) is 27.9 Å². The van der Waals surface area contributed by atoms with Crippen LogP contribution in [0.4, 0.5) is 0 Å². The quantitative estimate of drug-likeness (QED) is 0.601. The van der Waals surface area contributed by atoms with Crippen molar-refractivity contribution in [2.75, 3.05) is 0 Å². The Morgan fingerprint density at radius 1 is 1.88 bits per heavy atom. The molecule has 1 aromatic heterocycles. The molecule has 1 aromatic rings. The molecule has 1 heterocycles. The van der Waals surface area contributed by atoms with Crippen molar-refractivity contribution >= 4 is 17.6 Å². The van der Waals surface area contributed by atoms with Crippen molar-refractivity contribution in [1.29, 1.82) is 0 Å². The third-order valence-electron chi connectivity index (χ3n) is 0.744. The molecule has 0 aliphatic heterocycles. The van der Waals surface area contributed by atoms with Gasteiger partial charge in [-0.2, -0.15) is 0 Å². The van der Waals surface area contributed by atoms with Crippen LogP contribution in [0.5, 0.6) is 0 Å². The first-order valence-corrected chi connectivity index (χ1v) is 2.95. The highest BCUT2D eigenvalue weighted by Crippen LogP contribution is 1.99. The molecule has 2 nitrogen and oxygen atoms in total. The van der Waals surface area contributed by atoms with Crippen LogP contribution < -0.4 is 5.56 Å². The van der Waals surface area contributed by atoms with E-state index in [-0.39, 0.29) is 5.56 Å². The van der Waals surface area contributed by atoms with Gasteiger partial charge in [-0.05, 0) is 0 Å². The Morgan fingerprint density at radius 2 is 2.62 bits per heavy atom. The summed E-state index contributed by atoms with van der Waals surface area (Å²) in [5.41, 5.74) is -0.0510. The van der Waals surface area contributed by atoms with E-state index in [1.165, 1.54) is 17.6 Å². The number of H-pyrrole nitrogens is 1. The molecule has 0 atom stereocenters. The summed E-state index contributed by atoms with van der Waals surface area (Å²) in [4.78, 5) is 11.2.